The van der Waals surface area contributed by atoms with Gasteiger partial charge in [-0.05, 0) is 6.07 Å². The SMILES string of the molecule is OCc1cc2c(cc1OCC(F)F)OCO2. The molecule has 0 amide bonds. The molecule has 1 aromatic carbocycles. The van der Waals surface area contributed by atoms with Gasteiger partial charge in [0.05, 0.1) is 6.61 Å². The summed E-state index contributed by atoms with van der Waals surface area (Å²) in [6, 6.07) is 2.96. The van der Waals surface area contributed by atoms with Crippen molar-refractivity contribution >= 4 is 0 Å². The normalized spacial score (nSPS) is 13.2. The van der Waals surface area contributed by atoms with Gasteiger partial charge in [-0.1, -0.05) is 0 Å². The highest BCUT2D eigenvalue weighted by Gasteiger charge is 2.18. The van der Waals surface area contributed by atoms with Gasteiger partial charge in [0.2, 0.25) is 6.79 Å². The van der Waals surface area contributed by atoms with Gasteiger partial charge in [-0.25, -0.2) is 8.78 Å². The number of alkyl halides is 2. The van der Waals surface area contributed by atoms with E-state index in [0.717, 1.165) is 0 Å². The Labute approximate surface area is 90.4 Å². The lowest BCUT2D eigenvalue weighted by Crippen LogP contribution is -2.08. The number of hydrogen-bond acceptors (Lipinski definition) is 4. The van der Waals surface area contributed by atoms with Gasteiger partial charge < -0.3 is 19.3 Å². The number of aliphatic hydroxyl groups is 1. The van der Waals surface area contributed by atoms with E-state index in [4.69, 9.17) is 19.3 Å². The van der Waals surface area contributed by atoms with Crippen molar-refractivity contribution in [1.29, 1.82) is 0 Å². The number of aliphatic hydroxyl groups excluding tert-OH is 1. The zero-order valence-electron chi connectivity index (χ0n) is 8.28. The van der Waals surface area contributed by atoms with Gasteiger partial charge in [0.25, 0.3) is 6.43 Å². The minimum atomic E-state index is -2.56. The van der Waals surface area contributed by atoms with Gasteiger partial charge in [0.15, 0.2) is 11.5 Å². The highest BCUT2D eigenvalue weighted by Crippen LogP contribution is 2.38. The molecular formula is C10H10F2O4. The van der Waals surface area contributed by atoms with Gasteiger partial charge in [-0.15, -0.1) is 0 Å². The molecule has 0 unspecified atom stereocenters. The third kappa shape index (κ3) is 2.16. The predicted octanol–water partition coefficient (Wildman–Crippen LogP) is 1.55. The van der Waals surface area contributed by atoms with Crippen LogP contribution in [0.5, 0.6) is 17.2 Å². The lowest BCUT2D eigenvalue weighted by atomic mass is 10.2. The van der Waals surface area contributed by atoms with E-state index in [2.05, 4.69) is 0 Å². The molecule has 1 aromatic rings. The Balaban J connectivity index is 2.22. The molecule has 4 nitrogen and oxygen atoms in total. The largest absolute Gasteiger partial charge is 0.487 e. The summed E-state index contributed by atoms with van der Waals surface area (Å²) in [6.45, 7) is -0.944. The van der Waals surface area contributed by atoms with Crippen molar-refractivity contribution in [2.45, 2.75) is 13.0 Å². The molecule has 0 spiro atoms. The van der Waals surface area contributed by atoms with Crippen molar-refractivity contribution in [3.8, 4) is 17.2 Å². The fourth-order valence-corrected chi connectivity index (χ4v) is 1.38. The summed E-state index contributed by atoms with van der Waals surface area (Å²) in [5.41, 5.74) is 0.393. The number of benzene rings is 1. The van der Waals surface area contributed by atoms with Crippen LogP contribution < -0.4 is 14.2 Å². The van der Waals surface area contributed by atoms with Crippen molar-refractivity contribution in [1.82, 2.24) is 0 Å². The first-order valence-electron chi connectivity index (χ1n) is 4.65. The molecule has 0 aromatic heterocycles. The maximum Gasteiger partial charge on any atom is 0.272 e. The van der Waals surface area contributed by atoms with Gasteiger partial charge in [0.1, 0.15) is 12.4 Å². The summed E-state index contributed by atoms with van der Waals surface area (Å²) < 4.78 is 39.0. The Morgan fingerprint density at radius 1 is 1.31 bits per heavy atom. The molecule has 1 N–H and O–H groups in total. The van der Waals surface area contributed by atoms with Crippen LogP contribution >= 0.6 is 0 Å². The van der Waals surface area contributed by atoms with Crippen LogP contribution in [0.2, 0.25) is 0 Å². The molecule has 0 aliphatic carbocycles. The fraction of sp³-hybridized carbons (Fsp3) is 0.400. The monoisotopic (exact) mass is 232 g/mol. The van der Waals surface area contributed by atoms with Crippen molar-refractivity contribution < 1.29 is 28.1 Å². The molecule has 88 valence electrons. The molecule has 0 saturated heterocycles. The zero-order chi connectivity index (χ0) is 11.5. The number of halogens is 2. The zero-order valence-corrected chi connectivity index (χ0v) is 8.28. The van der Waals surface area contributed by atoms with Crippen LogP contribution in [0.15, 0.2) is 12.1 Å². The highest BCUT2D eigenvalue weighted by molar-refractivity contribution is 5.51. The standard InChI is InChI=1S/C10H10F2O4/c11-10(12)4-14-7-2-9-8(15-5-16-9)1-6(7)3-13/h1-2,10,13H,3-5H2. The Morgan fingerprint density at radius 2 is 2.00 bits per heavy atom. The lowest BCUT2D eigenvalue weighted by molar-refractivity contribution is 0.0805. The fourth-order valence-electron chi connectivity index (χ4n) is 1.38. The molecule has 0 bridgehead atoms. The third-order valence-corrected chi connectivity index (χ3v) is 2.09. The molecule has 2 rings (SSSR count). The smallest absolute Gasteiger partial charge is 0.272 e. The summed E-state index contributed by atoms with van der Waals surface area (Å²) in [5.74, 6) is 1.10. The second kappa shape index (κ2) is 4.52. The highest BCUT2D eigenvalue weighted by atomic mass is 19.3. The topological polar surface area (TPSA) is 47.9 Å². The molecule has 0 atom stereocenters. The lowest BCUT2D eigenvalue weighted by Gasteiger charge is -2.10. The second-order valence-electron chi connectivity index (χ2n) is 3.17. The van der Waals surface area contributed by atoms with E-state index in [-0.39, 0.29) is 19.1 Å². The number of hydrogen-bond donors (Lipinski definition) is 1. The Bertz CT molecular complexity index is 381. The predicted molar refractivity (Wildman–Crippen MR) is 50.0 cm³/mol. The second-order valence-corrected chi connectivity index (χ2v) is 3.17. The number of rotatable bonds is 4. The van der Waals surface area contributed by atoms with Crippen LogP contribution in [0.1, 0.15) is 5.56 Å². The Hall–Kier alpha value is -1.56. The van der Waals surface area contributed by atoms with Gasteiger partial charge in [-0.2, -0.15) is 0 Å². The molecule has 6 heteroatoms. The summed E-state index contributed by atoms with van der Waals surface area (Å²) in [5, 5.41) is 9.05. The molecule has 16 heavy (non-hydrogen) atoms. The number of fused-ring (bicyclic) bond motifs is 1. The van der Waals surface area contributed by atoms with E-state index >= 15 is 0 Å². The minimum Gasteiger partial charge on any atom is -0.487 e. The van der Waals surface area contributed by atoms with Crippen molar-refractivity contribution in [3.05, 3.63) is 17.7 Å². The van der Waals surface area contributed by atoms with Gasteiger partial charge in [-0.3, -0.25) is 0 Å². The molecular weight excluding hydrogens is 222 g/mol. The number of ether oxygens (including phenoxy) is 3. The van der Waals surface area contributed by atoms with Crippen molar-refractivity contribution in [2.24, 2.45) is 0 Å². The van der Waals surface area contributed by atoms with Crippen molar-refractivity contribution in [2.75, 3.05) is 13.4 Å². The van der Waals surface area contributed by atoms with Crippen LogP contribution in [0.4, 0.5) is 8.78 Å². The summed E-state index contributed by atoms with van der Waals surface area (Å²) in [4.78, 5) is 0. The quantitative estimate of drug-likeness (QED) is 0.855. The Kier molecular flexibility index (Phi) is 3.09. The van der Waals surface area contributed by atoms with Crippen molar-refractivity contribution in [3.63, 3.8) is 0 Å². The van der Waals surface area contributed by atoms with E-state index < -0.39 is 13.0 Å². The van der Waals surface area contributed by atoms with Crippen LogP contribution in [0.25, 0.3) is 0 Å². The maximum atomic E-state index is 12.0. The first-order chi connectivity index (χ1) is 7.70. The average molecular weight is 232 g/mol. The first-order valence-corrected chi connectivity index (χ1v) is 4.65. The molecule has 0 saturated carbocycles. The molecule has 0 radical (unpaired) electrons. The average Bonchev–Trinajstić information content (AvgIpc) is 2.71. The minimum absolute atomic E-state index is 0.0818. The van der Waals surface area contributed by atoms with E-state index in [1.54, 1.807) is 0 Å². The third-order valence-electron chi connectivity index (χ3n) is 2.09. The van der Waals surface area contributed by atoms with E-state index in [9.17, 15) is 8.78 Å². The van der Waals surface area contributed by atoms with Crippen LogP contribution in [-0.4, -0.2) is 24.9 Å². The van der Waals surface area contributed by atoms with Crippen LogP contribution in [0, 0.1) is 0 Å². The molecule has 0 fully saturated rings. The van der Waals surface area contributed by atoms with Crippen LogP contribution in [0.3, 0.4) is 0 Å². The van der Waals surface area contributed by atoms with E-state index in [0.29, 0.717) is 17.1 Å². The first kappa shape index (κ1) is 10.9. The summed E-state index contributed by atoms with van der Waals surface area (Å²) in [7, 11) is 0. The molecule has 1 aliphatic heterocycles. The molecule has 1 heterocycles. The molecule has 1 aliphatic rings. The summed E-state index contributed by atoms with van der Waals surface area (Å²) in [6.07, 6.45) is -2.56. The van der Waals surface area contributed by atoms with E-state index in [1.165, 1.54) is 12.1 Å². The van der Waals surface area contributed by atoms with Gasteiger partial charge in [0, 0.05) is 11.6 Å². The van der Waals surface area contributed by atoms with Crippen LogP contribution in [-0.2, 0) is 6.61 Å². The van der Waals surface area contributed by atoms with Gasteiger partial charge >= 0.3 is 0 Å². The maximum absolute atomic E-state index is 12.0. The Morgan fingerprint density at radius 3 is 2.62 bits per heavy atom. The summed E-state index contributed by atoms with van der Waals surface area (Å²) >= 11 is 0. The van der Waals surface area contributed by atoms with E-state index in [1.807, 2.05) is 0 Å².